The zero-order valence-electron chi connectivity index (χ0n) is 12.4. The predicted molar refractivity (Wildman–Crippen MR) is 93.3 cm³/mol. The summed E-state index contributed by atoms with van der Waals surface area (Å²) in [5.41, 5.74) is 1.95. The Kier molecular flexibility index (Phi) is 6.03. The molecule has 0 aliphatic heterocycles. The number of hydrogen-bond donors (Lipinski definition) is 0. The lowest BCUT2D eigenvalue weighted by molar-refractivity contribution is -0.134. The van der Waals surface area contributed by atoms with Gasteiger partial charge in [-0.25, -0.2) is 0 Å². The molecule has 116 valence electrons. The number of aryl methyl sites for hydroxylation is 1. The molecule has 2 aromatic carbocycles. The van der Waals surface area contributed by atoms with Crippen LogP contribution in [0, 0.1) is 6.92 Å². The van der Waals surface area contributed by atoms with Gasteiger partial charge in [0.05, 0.1) is 4.47 Å². The first-order valence-electron chi connectivity index (χ1n) is 6.88. The molecule has 0 fully saturated rings. The van der Waals surface area contributed by atoms with E-state index >= 15 is 0 Å². The minimum atomic E-state index is -0.268. The molecule has 0 aliphatic rings. The van der Waals surface area contributed by atoms with Gasteiger partial charge in [0, 0.05) is 16.5 Å². The molecule has 0 N–H and O–H groups in total. The zero-order chi connectivity index (χ0) is 16.1. The largest absolute Gasteiger partial charge is 0.488 e. The summed E-state index contributed by atoms with van der Waals surface area (Å²) >= 11 is 6.97. The topological polar surface area (TPSA) is 35.5 Å². The third-order valence-electron chi connectivity index (χ3n) is 3.05. The summed E-state index contributed by atoms with van der Waals surface area (Å²) in [4.78, 5) is 11.5. The van der Waals surface area contributed by atoms with Crippen molar-refractivity contribution >= 4 is 37.8 Å². The highest BCUT2D eigenvalue weighted by Crippen LogP contribution is 2.31. The summed E-state index contributed by atoms with van der Waals surface area (Å²) in [6.45, 7) is 4.08. The molecule has 0 bridgehead atoms. The molecule has 0 heterocycles. The van der Waals surface area contributed by atoms with Crippen molar-refractivity contribution < 1.29 is 14.3 Å². The lowest BCUT2D eigenvalue weighted by atomic mass is 10.2. The third-order valence-corrected chi connectivity index (χ3v) is 4.41. The van der Waals surface area contributed by atoms with Gasteiger partial charge in [0.1, 0.15) is 18.1 Å². The van der Waals surface area contributed by atoms with Crippen molar-refractivity contribution in [2.75, 3.05) is 0 Å². The number of carbonyl (C=O) groups excluding carboxylic acids is 1. The summed E-state index contributed by atoms with van der Waals surface area (Å²) in [7, 11) is 0. The molecule has 0 aliphatic carbocycles. The van der Waals surface area contributed by atoms with Crippen molar-refractivity contribution in [3.05, 3.63) is 56.5 Å². The molecule has 2 rings (SSSR count). The Balaban J connectivity index is 2.19. The number of hydrogen-bond acceptors (Lipinski definition) is 3. The van der Waals surface area contributed by atoms with Gasteiger partial charge in [-0.05, 0) is 52.7 Å². The van der Waals surface area contributed by atoms with Crippen LogP contribution in [-0.2, 0) is 11.4 Å². The Labute approximate surface area is 146 Å². The number of ether oxygens (including phenoxy) is 2. The summed E-state index contributed by atoms with van der Waals surface area (Å²) in [6, 6.07) is 11.4. The molecule has 0 unspecified atom stereocenters. The maximum Gasteiger partial charge on any atom is 0.310 e. The quantitative estimate of drug-likeness (QED) is 0.472. The van der Waals surface area contributed by atoms with E-state index in [2.05, 4.69) is 31.9 Å². The first-order chi connectivity index (χ1) is 10.5. The summed E-state index contributed by atoms with van der Waals surface area (Å²) in [5, 5.41) is 0. The van der Waals surface area contributed by atoms with Crippen LogP contribution in [0.3, 0.4) is 0 Å². The van der Waals surface area contributed by atoms with Crippen LogP contribution in [0.2, 0.25) is 0 Å². The van der Waals surface area contributed by atoms with Gasteiger partial charge < -0.3 is 9.47 Å². The van der Waals surface area contributed by atoms with E-state index in [-0.39, 0.29) is 5.97 Å². The van der Waals surface area contributed by atoms with E-state index in [1.54, 1.807) is 13.0 Å². The van der Waals surface area contributed by atoms with Crippen LogP contribution in [0.1, 0.15) is 24.5 Å². The Morgan fingerprint density at radius 1 is 1.09 bits per heavy atom. The molecule has 5 heteroatoms. The molecule has 22 heavy (non-hydrogen) atoms. The molecule has 0 saturated carbocycles. The maximum atomic E-state index is 11.5. The highest BCUT2D eigenvalue weighted by molar-refractivity contribution is 9.10. The van der Waals surface area contributed by atoms with E-state index in [0.717, 1.165) is 25.8 Å². The van der Waals surface area contributed by atoms with E-state index in [0.29, 0.717) is 18.8 Å². The Hall–Kier alpha value is -1.33. The Bertz CT molecular complexity index is 684. The first kappa shape index (κ1) is 17.0. The Morgan fingerprint density at radius 3 is 2.55 bits per heavy atom. The number of esters is 1. The Morgan fingerprint density at radius 2 is 1.86 bits per heavy atom. The van der Waals surface area contributed by atoms with Gasteiger partial charge in [-0.15, -0.1) is 0 Å². The van der Waals surface area contributed by atoms with E-state index in [9.17, 15) is 4.79 Å². The van der Waals surface area contributed by atoms with Gasteiger partial charge in [-0.3, -0.25) is 4.79 Å². The second-order valence-corrected chi connectivity index (χ2v) is 6.48. The van der Waals surface area contributed by atoms with Gasteiger partial charge in [-0.2, -0.15) is 0 Å². The number of halogens is 2. The standard InChI is InChI=1S/C17H16Br2O3/c1-3-17(20)22-15-6-4-5-13(18)12(15)10-21-16-8-7-11(2)9-14(16)19/h4-9H,3,10H2,1-2H3. The van der Waals surface area contributed by atoms with Crippen LogP contribution in [0.5, 0.6) is 11.5 Å². The molecule has 0 radical (unpaired) electrons. The molecule has 2 aromatic rings. The normalized spacial score (nSPS) is 10.4. The maximum absolute atomic E-state index is 11.5. The van der Waals surface area contributed by atoms with Crippen LogP contribution in [0.4, 0.5) is 0 Å². The molecule has 0 saturated heterocycles. The second kappa shape index (κ2) is 7.79. The van der Waals surface area contributed by atoms with Gasteiger partial charge >= 0.3 is 5.97 Å². The predicted octanol–water partition coefficient (Wildman–Crippen LogP) is 5.41. The van der Waals surface area contributed by atoms with Gasteiger partial charge in [0.15, 0.2) is 0 Å². The summed E-state index contributed by atoms with van der Waals surface area (Å²) in [5.74, 6) is 0.995. The average Bonchev–Trinajstić information content (AvgIpc) is 2.48. The van der Waals surface area contributed by atoms with E-state index in [1.165, 1.54) is 0 Å². The lowest BCUT2D eigenvalue weighted by Gasteiger charge is -2.14. The molecular weight excluding hydrogens is 412 g/mol. The van der Waals surface area contributed by atoms with Crippen molar-refractivity contribution in [1.29, 1.82) is 0 Å². The van der Waals surface area contributed by atoms with E-state index in [4.69, 9.17) is 9.47 Å². The van der Waals surface area contributed by atoms with Crippen LogP contribution >= 0.6 is 31.9 Å². The molecular formula is C17H16Br2O3. The van der Waals surface area contributed by atoms with Crippen LogP contribution in [0.15, 0.2) is 45.3 Å². The average molecular weight is 428 g/mol. The molecule has 0 atom stereocenters. The zero-order valence-corrected chi connectivity index (χ0v) is 15.5. The summed E-state index contributed by atoms with van der Waals surface area (Å²) in [6.07, 6.45) is 0.330. The smallest absolute Gasteiger partial charge is 0.310 e. The number of rotatable bonds is 5. The fourth-order valence-electron chi connectivity index (χ4n) is 1.84. The van der Waals surface area contributed by atoms with Gasteiger partial charge in [-0.1, -0.05) is 35.0 Å². The van der Waals surface area contributed by atoms with Crippen LogP contribution < -0.4 is 9.47 Å². The van der Waals surface area contributed by atoms with E-state index in [1.807, 2.05) is 37.3 Å². The van der Waals surface area contributed by atoms with Crippen molar-refractivity contribution in [3.63, 3.8) is 0 Å². The fraction of sp³-hybridized carbons (Fsp3) is 0.235. The summed E-state index contributed by atoms with van der Waals surface area (Å²) < 4.78 is 12.9. The minimum absolute atomic E-state index is 0.268. The monoisotopic (exact) mass is 426 g/mol. The second-order valence-electron chi connectivity index (χ2n) is 4.77. The van der Waals surface area contributed by atoms with Crippen LogP contribution in [-0.4, -0.2) is 5.97 Å². The van der Waals surface area contributed by atoms with Crippen molar-refractivity contribution in [2.24, 2.45) is 0 Å². The highest BCUT2D eigenvalue weighted by atomic mass is 79.9. The van der Waals surface area contributed by atoms with Crippen molar-refractivity contribution in [3.8, 4) is 11.5 Å². The molecule has 0 aromatic heterocycles. The fourth-order valence-corrected chi connectivity index (χ4v) is 2.91. The van der Waals surface area contributed by atoms with E-state index < -0.39 is 0 Å². The first-order valence-corrected chi connectivity index (χ1v) is 8.47. The highest BCUT2D eigenvalue weighted by Gasteiger charge is 2.12. The number of benzene rings is 2. The lowest BCUT2D eigenvalue weighted by Crippen LogP contribution is -2.09. The SMILES string of the molecule is CCC(=O)Oc1cccc(Br)c1COc1ccc(C)cc1Br. The van der Waals surface area contributed by atoms with Gasteiger partial charge in [0.25, 0.3) is 0 Å². The van der Waals surface area contributed by atoms with Crippen molar-refractivity contribution in [1.82, 2.24) is 0 Å². The minimum Gasteiger partial charge on any atom is -0.488 e. The molecule has 0 spiro atoms. The third kappa shape index (κ3) is 4.34. The van der Waals surface area contributed by atoms with Crippen molar-refractivity contribution in [2.45, 2.75) is 26.9 Å². The molecule has 3 nitrogen and oxygen atoms in total. The van der Waals surface area contributed by atoms with Crippen LogP contribution in [0.25, 0.3) is 0 Å². The molecule has 0 amide bonds. The van der Waals surface area contributed by atoms with Gasteiger partial charge in [0.2, 0.25) is 0 Å². The number of carbonyl (C=O) groups is 1.